The number of aromatic nitrogens is 6. The Labute approximate surface area is 154 Å². The molecule has 0 bridgehead atoms. The SMILES string of the molecule is Cc1nn(C)c(C)c1NC(=O)[C@H](C)Sc1nnnn1-c1ccc(O)cc1. The Morgan fingerprint density at radius 1 is 1.27 bits per heavy atom. The highest BCUT2D eigenvalue weighted by atomic mass is 32.2. The molecule has 0 saturated carbocycles. The van der Waals surface area contributed by atoms with E-state index in [1.54, 1.807) is 35.9 Å². The molecular formula is C16H19N7O2S. The second-order valence-corrected chi connectivity index (χ2v) is 7.12. The van der Waals surface area contributed by atoms with Crippen LogP contribution in [-0.2, 0) is 11.8 Å². The molecule has 136 valence electrons. The number of hydrogen-bond donors (Lipinski definition) is 2. The average molecular weight is 373 g/mol. The van der Waals surface area contributed by atoms with Crippen molar-refractivity contribution in [1.82, 2.24) is 30.0 Å². The number of nitrogens with one attached hydrogen (secondary N) is 1. The van der Waals surface area contributed by atoms with E-state index in [4.69, 9.17) is 0 Å². The third kappa shape index (κ3) is 3.54. The number of carbonyl (C=O) groups excluding carboxylic acids is 1. The van der Waals surface area contributed by atoms with Crippen LogP contribution in [0.4, 0.5) is 5.69 Å². The fourth-order valence-corrected chi connectivity index (χ4v) is 3.21. The third-order valence-electron chi connectivity index (χ3n) is 3.94. The molecule has 2 aromatic heterocycles. The molecule has 10 heteroatoms. The fourth-order valence-electron chi connectivity index (χ4n) is 2.40. The molecule has 0 aliphatic rings. The maximum atomic E-state index is 12.6. The summed E-state index contributed by atoms with van der Waals surface area (Å²) in [4.78, 5) is 12.6. The molecule has 3 aromatic rings. The number of aryl methyl sites for hydroxylation is 2. The topological polar surface area (TPSA) is 111 Å². The van der Waals surface area contributed by atoms with Crippen LogP contribution in [0.25, 0.3) is 5.69 Å². The average Bonchev–Trinajstić information content (AvgIpc) is 3.15. The Balaban J connectivity index is 1.74. The van der Waals surface area contributed by atoms with Gasteiger partial charge in [0.25, 0.3) is 0 Å². The fraction of sp³-hybridized carbons (Fsp3) is 0.312. The Hall–Kier alpha value is -2.88. The van der Waals surface area contributed by atoms with Crippen LogP contribution in [0.2, 0.25) is 0 Å². The number of phenols is 1. The minimum Gasteiger partial charge on any atom is -0.508 e. The van der Waals surface area contributed by atoms with Gasteiger partial charge >= 0.3 is 0 Å². The predicted molar refractivity (Wildman–Crippen MR) is 97.4 cm³/mol. The molecule has 2 N–H and O–H groups in total. The number of phenolic OH excluding ortho intramolecular Hbond substituents is 1. The van der Waals surface area contributed by atoms with E-state index in [-0.39, 0.29) is 11.7 Å². The maximum Gasteiger partial charge on any atom is 0.237 e. The summed E-state index contributed by atoms with van der Waals surface area (Å²) in [5, 5.41) is 28.3. The van der Waals surface area contributed by atoms with Gasteiger partial charge in [-0.25, -0.2) is 0 Å². The molecule has 3 rings (SSSR count). The van der Waals surface area contributed by atoms with Crippen molar-refractivity contribution >= 4 is 23.4 Å². The summed E-state index contributed by atoms with van der Waals surface area (Å²) in [6.45, 7) is 5.54. The number of benzene rings is 1. The number of nitrogens with zero attached hydrogens (tertiary/aromatic N) is 6. The molecule has 1 atom stereocenters. The van der Waals surface area contributed by atoms with E-state index in [1.807, 2.05) is 20.9 Å². The molecular weight excluding hydrogens is 354 g/mol. The van der Waals surface area contributed by atoms with Gasteiger partial charge in [-0.05, 0) is 55.5 Å². The number of hydrogen-bond acceptors (Lipinski definition) is 7. The van der Waals surface area contributed by atoms with Crippen LogP contribution in [0.15, 0.2) is 29.4 Å². The van der Waals surface area contributed by atoms with E-state index < -0.39 is 5.25 Å². The van der Waals surface area contributed by atoms with Crippen LogP contribution in [0.5, 0.6) is 5.75 Å². The number of thioether (sulfide) groups is 1. The van der Waals surface area contributed by atoms with Crippen molar-refractivity contribution < 1.29 is 9.90 Å². The largest absolute Gasteiger partial charge is 0.508 e. The van der Waals surface area contributed by atoms with Gasteiger partial charge in [0.1, 0.15) is 5.75 Å². The maximum absolute atomic E-state index is 12.6. The highest BCUT2D eigenvalue weighted by Gasteiger charge is 2.21. The van der Waals surface area contributed by atoms with Gasteiger partial charge < -0.3 is 10.4 Å². The lowest BCUT2D eigenvalue weighted by atomic mass is 10.3. The van der Waals surface area contributed by atoms with Gasteiger partial charge in [-0.1, -0.05) is 11.8 Å². The second kappa shape index (κ2) is 7.16. The molecule has 0 radical (unpaired) electrons. The van der Waals surface area contributed by atoms with Crippen LogP contribution >= 0.6 is 11.8 Å². The van der Waals surface area contributed by atoms with Crippen molar-refractivity contribution in [3.63, 3.8) is 0 Å². The zero-order chi connectivity index (χ0) is 18.8. The second-order valence-electron chi connectivity index (χ2n) is 5.81. The lowest BCUT2D eigenvalue weighted by molar-refractivity contribution is -0.115. The smallest absolute Gasteiger partial charge is 0.237 e. The van der Waals surface area contributed by atoms with E-state index in [0.29, 0.717) is 10.8 Å². The van der Waals surface area contributed by atoms with E-state index in [0.717, 1.165) is 17.1 Å². The normalized spacial score (nSPS) is 12.2. The first-order valence-corrected chi connectivity index (χ1v) is 8.80. The van der Waals surface area contributed by atoms with Crippen LogP contribution in [0.3, 0.4) is 0 Å². The van der Waals surface area contributed by atoms with Crippen LogP contribution < -0.4 is 5.32 Å². The Morgan fingerprint density at radius 3 is 2.58 bits per heavy atom. The van der Waals surface area contributed by atoms with Gasteiger partial charge in [-0.2, -0.15) is 9.78 Å². The van der Waals surface area contributed by atoms with E-state index in [9.17, 15) is 9.90 Å². The Kier molecular flexibility index (Phi) is 4.94. The van der Waals surface area contributed by atoms with E-state index >= 15 is 0 Å². The van der Waals surface area contributed by atoms with Crippen molar-refractivity contribution in [1.29, 1.82) is 0 Å². The lowest BCUT2D eigenvalue weighted by Gasteiger charge is -2.12. The number of amides is 1. The summed E-state index contributed by atoms with van der Waals surface area (Å²) in [5.41, 5.74) is 3.08. The van der Waals surface area contributed by atoms with Gasteiger partial charge in [0, 0.05) is 7.05 Å². The van der Waals surface area contributed by atoms with Crippen LogP contribution in [-0.4, -0.2) is 46.3 Å². The number of carbonyl (C=O) groups is 1. The van der Waals surface area contributed by atoms with Gasteiger partial charge in [0.15, 0.2) is 0 Å². The van der Waals surface area contributed by atoms with Crippen molar-refractivity contribution in [2.75, 3.05) is 5.32 Å². The molecule has 0 aliphatic heterocycles. The van der Waals surface area contributed by atoms with Crippen molar-refractivity contribution in [3.05, 3.63) is 35.7 Å². The Morgan fingerprint density at radius 2 is 1.96 bits per heavy atom. The quantitative estimate of drug-likeness (QED) is 0.656. The minimum absolute atomic E-state index is 0.158. The molecule has 1 aromatic carbocycles. The summed E-state index contributed by atoms with van der Waals surface area (Å²) in [5.74, 6) is 0.000407. The van der Waals surface area contributed by atoms with Gasteiger partial charge in [-0.15, -0.1) is 5.10 Å². The van der Waals surface area contributed by atoms with Crippen LogP contribution in [0, 0.1) is 13.8 Å². The summed E-state index contributed by atoms with van der Waals surface area (Å²) >= 11 is 1.25. The van der Waals surface area contributed by atoms with Crippen molar-refractivity contribution in [2.24, 2.45) is 7.05 Å². The summed E-state index contributed by atoms with van der Waals surface area (Å²) < 4.78 is 3.25. The Bertz CT molecular complexity index is 933. The molecule has 26 heavy (non-hydrogen) atoms. The number of anilines is 1. The molecule has 9 nitrogen and oxygen atoms in total. The number of tetrazole rings is 1. The van der Waals surface area contributed by atoms with E-state index in [1.165, 1.54) is 16.4 Å². The molecule has 0 unspecified atom stereocenters. The molecule has 0 saturated heterocycles. The first kappa shape index (κ1) is 17.9. The zero-order valence-electron chi connectivity index (χ0n) is 14.8. The summed E-state index contributed by atoms with van der Waals surface area (Å²) in [6, 6.07) is 6.50. The predicted octanol–water partition coefficient (Wildman–Crippen LogP) is 1.84. The van der Waals surface area contributed by atoms with Gasteiger partial charge in [0.2, 0.25) is 11.1 Å². The monoisotopic (exact) mass is 373 g/mol. The molecule has 0 aliphatic carbocycles. The van der Waals surface area contributed by atoms with Gasteiger partial charge in [0.05, 0.1) is 28.0 Å². The third-order valence-corrected chi connectivity index (χ3v) is 4.98. The van der Waals surface area contributed by atoms with Crippen LogP contribution in [0.1, 0.15) is 18.3 Å². The first-order valence-electron chi connectivity index (χ1n) is 7.92. The first-order chi connectivity index (χ1) is 12.4. The number of aromatic hydroxyl groups is 1. The standard InChI is InChI=1S/C16H19N7O2S/c1-9-14(10(2)22(4)19-9)17-15(25)11(3)26-16-18-20-21-23(16)12-5-7-13(24)8-6-12/h5-8,11,24H,1-4H3,(H,17,25)/t11-/m0/s1. The van der Waals surface area contributed by atoms with Crippen molar-refractivity contribution in [3.8, 4) is 11.4 Å². The van der Waals surface area contributed by atoms with Gasteiger partial charge in [-0.3, -0.25) is 9.48 Å². The summed E-state index contributed by atoms with van der Waals surface area (Å²) in [6.07, 6.45) is 0. The van der Waals surface area contributed by atoms with E-state index in [2.05, 4.69) is 25.9 Å². The summed E-state index contributed by atoms with van der Waals surface area (Å²) in [7, 11) is 1.84. The number of rotatable bonds is 5. The molecule has 0 spiro atoms. The highest BCUT2D eigenvalue weighted by molar-refractivity contribution is 8.00. The molecule has 0 fully saturated rings. The zero-order valence-corrected chi connectivity index (χ0v) is 15.7. The lowest BCUT2D eigenvalue weighted by Crippen LogP contribution is -2.23. The highest BCUT2D eigenvalue weighted by Crippen LogP contribution is 2.26. The minimum atomic E-state index is -0.420. The van der Waals surface area contributed by atoms with Crippen molar-refractivity contribution in [2.45, 2.75) is 31.2 Å². The molecule has 2 heterocycles. The molecule has 1 amide bonds.